The number of carbonyl (C=O) groups is 1. The van der Waals surface area contributed by atoms with Gasteiger partial charge in [-0.05, 0) is 38.3 Å². The molecule has 4 heteroatoms. The molecular weight excluding hydrogens is 250 g/mol. The summed E-state index contributed by atoms with van der Waals surface area (Å²) in [4.78, 5) is 19.5. The maximum Gasteiger partial charge on any atom is 0.273 e. The Hall–Kier alpha value is -2.10. The lowest BCUT2D eigenvalue weighted by atomic mass is 10.1. The number of hydrogen-bond donors (Lipinski definition) is 0. The number of fused-ring (bicyclic) bond motifs is 3. The van der Waals surface area contributed by atoms with Crippen molar-refractivity contribution >= 4 is 11.6 Å². The average Bonchev–Trinajstić information content (AvgIpc) is 2.91. The van der Waals surface area contributed by atoms with Crippen molar-refractivity contribution in [3.05, 3.63) is 47.9 Å². The molecule has 1 fully saturated rings. The molecule has 4 nitrogen and oxygen atoms in total. The molecular formula is C16H17N3O. The quantitative estimate of drug-likeness (QED) is 0.745. The maximum atomic E-state index is 13.0. The van der Waals surface area contributed by atoms with Crippen molar-refractivity contribution in [3.8, 4) is 0 Å². The number of carbonyl (C=O) groups excluding carboxylic acids is 1. The summed E-state index contributed by atoms with van der Waals surface area (Å²) < 4.78 is 1.91. The average molecular weight is 267 g/mol. The Morgan fingerprint density at radius 3 is 3.10 bits per heavy atom. The molecule has 2 aromatic heterocycles. The molecule has 0 radical (unpaired) electrons. The van der Waals surface area contributed by atoms with Crippen LogP contribution >= 0.6 is 0 Å². The van der Waals surface area contributed by atoms with Gasteiger partial charge < -0.3 is 4.90 Å². The second kappa shape index (κ2) is 4.20. The molecule has 1 amide bonds. The van der Waals surface area contributed by atoms with E-state index in [-0.39, 0.29) is 11.9 Å². The third-order valence-electron chi connectivity index (χ3n) is 4.45. The van der Waals surface area contributed by atoms with Crippen LogP contribution in [0.3, 0.4) is 0 Å². The molecule has 0 aromatic carbocycles. The van der Waals surface area contributed by atoms with Gasteiger partial charge in [-0.15, -0.1) is 0 Å². The molecule has 0 aliphatic carbocycles. The molecule has 2 aromatic rings. The van der Waals surface area contributed by atoms with Gasteiger partial charge in [-0.1, -0.05) is 18.2 Å². The minimum absolute atomic E-state index is 0.123. The van der Waals surface area contributed by atoms with E-state index in [2.05, 4.69) is 22.0 Å². The zero-order valence-corrected chi connectivity index (χ0v) is 11.5. The predicted octanol–water partition coefficient (Wildman–Crippen LogP) is 2.58. The van der Waals surface area contributed by atoms with Crippen LogP contribution in [0.5, 0.6) is 0 Å². The molecule has 4 heterocycles. The number of imidazole rings is 1. The van der Waals surface area contributed by atoms with Crippen molar-refractivity contribution in [3.63, 3.8) is 0 Å². The fourth-order valence-electron chi connectivity index (χ4n) is 3.54. The van der Waals surface area contributed by atoms with Gasteiger partial charge in [0.1, 0.15) is 11.3 Å². The summed E-state index contributed by atoms with van der Waals surface area (Å²) in [5, 5.41) is 0. The van der Waals surface area contributed by atoms with Crippen molar-refractivity contribution in [2.24, 2.45) is 0 Å². The number of nitrogens with zero attached hydrogens (tertiary/aromatic N) is 3. The number of amides is 1. The van der Waals surface area contributed by atoms with Crippen LogP contribution in [0, 0.1) is 6.92 Å². The van der Waals surface area contributed by atoms with Gasteiger partial charge in [-0.2, -0.15) is 0 Å². The number of rotatable bonds is 1. The molecule has 2 aliphatic heterocycles. The van der Waals surface area contributed by atoms with Crippen molar-refractivity contribution in [2.75, 3.05) is 0 Å². The van der Waals surface area contributed by atoms with Crippen LogP contribution in [0.1, 0.15) is 35.4 Å². The van der Waals surface area contributed by atoms with Gasteiger partial charge in [0.05, 0.1) is 11.7 Å². The third kappa shape index (κ3) is 1.54. The van der Waals surface area contributed by atoms with E-state index in [1.54, 1.807) is 0 Å². The minimum Gasteiger partial charge on any atom is -0.328 e. The van der Waals surface area contributed by atoms with Crippen molar-refractivity contribution in [1.82, 2.24) is 14.3 Å². The first-order valence-electron chi connectivity index (χ1n) is 7.19. The molecule has 0 saturated carbocycles. The van der Waals surface area contributed by atoms with Gasteiger partial charge in [-0.3, -0.25) is 9.20 Å². The first-order valence-corrected chi connectivity index (χ1v) is 7.19. The van der Waals surface area contributed by atoms with Crippen LogP contribution < -0.4 is 0 Å². The van der Waals surface area contributed by atoms with E-state index in [0.717, 1.165) is 30.6 Å². The standard InChI is InChI=1S/C16H17N3O/c1-11-15(18-10-3-2-7-14(18)17-11)16(20)19-12-5-4-6-13(19)9-8-12/h2-5,7,10,12-13H,6,8-9H2,1H3. The van der Waals surface area contributed by atoms with Gasteiger partial charge >= 0.3 is 0 Å². The van der Waals surface area contributed by atoms with Crippen LogP contribution in [0.4, 0.5) is 0 Å². The van der Waals surface area contributed by atoms with E-state index < -0.39 is 0 Å². The summed E-state index contributed by atoms with van der Waals surface area (Å²) in [7, 11) is 0. The molecule has 1 saturated heterocycles. The second-order valence-corrected chi connectivity index (χ2v) is 5.65. The Labute approximate surface area is 117 Å². The monoisotopic (exact) mass is 267 g/mol. The Balaban J connectivity index is 1.82. The summed E-state index contributed by atoms with van der Waals surface area (Å²) in [5.41, 5.74) is 2.37. The summed E-state index contributed by atoms with van der Waals surface area (Å²) in [6.45, 7) is 1.92. The van der Waals surface area contributed by atoms with E-state index in [9.17, 15) is 4.79 Å². The second-order valence-electron chi connectivity index (χ2n) is 5.65. The number of aryl methyl sites for hydroxylation is 1. The highest BCUT2D eigenvalue weighted by molar-refractivity contribution is 5.95. The van der Waals surface area contributed by atoms with Crippen molar-refractivity contribution in [2.45, 2.75) is 38.3 Å². The van der Waals surface area contributed by atoms with Crippen LogP contribution in [0.25, 0.3) is 5.65 Å². The largest absolute Gasteiger partial charge is 0.328 e. The minimum atomic E-state index is 0.123. The van der Waals surface area contributed by atoms with Crippen LogP contribution in [-0.4, -0.2) is 32.3 Å². The van der Waals surface area contributed by atoms with E-state index in [4.69, 9.17) is 0 Å². The van der Waals surface area contributed by atoms with E-state index in [1.807, 2.05) is 35.7 Å². The Morgan fingerprint density at radius 2 is 2.25 bits per heavy atom. The first kappa shape index (κ1) is 11.7. The lowest BCUT2D eigenvalue weighted by molar-refractivity contribution is 0.0681. The maximum absolute atomic E-state index is 13.0. The lowest BCUT2D eigenvalue weighted by Gasteiger charge is -2.31. The first-order chi connectivity index (χ1) is 9.75. The molecule has 2 bridgehead atoms. The summed E-state index contributed by atoms with van der Waals surface area (Å²) in [6, 6.07) is 6.47. The molecule has 20 heavy (non-hydrogen) atoms. The van der Waals surface area contributed by atoms with Crippen LogP contribution in [0.15, 0.2) is 36.5 Å². The van der Waals surface area contributed by atoms with Crippen LogP contribution in [0.2, 0.25) is 0 Å². The highest BCUT2D eigenvalue weighted by Crippen LogP contribution is 2.33. The molecule has 2 atom stereocenters. The van der Waals surface area contributed by atoms with Crippen molar-refractivity contribution in [1.29, 1.82) is 0 Å². The number of hydrogen-bond acceptors (Lipinski definition) is 2. The molecule has 0 N–H and O–H groups in total. The third-order valence-corrected chi connectivity index (χ3v) is 4.45. The molecule has 2 unspecified atom stereocenters. The fraction of sp³-hybridized carbons (Fsp3) is 0.375. The fourth-order valence-corrected chi connectivity index (χ4v) is 3.54. The normalized spacial score (nSPS) is 24.6. The van der Waals surface area contributed by atoms with E-state index in [1.165, 1.54) is 0 Å². The summed E-state index contributed by atoms with van der Waals surface area (Å²) >= 11 is 0. The predicted molar refractivity (Wildman–Crippen MR) is 76.7 cm³/mol. The topological polar surface area (TPSA) is 37.6 Å². The highest BCUT2D eigenvalue weighted by Gasteiger charge is 2.38. The SMILES string of the molecule is Cc1nc2ccccn2c1C(=O)N1C2C=CCC1CC2. The molecule has 2 aliphatic rings. The molecule has 4 rings (SSSR count). The smallest absolute Gasteiger partial charge is 0.273 e. The van der Waals surface area contributed by atoms with Crippen molar-refractivity contribution < 1.29 is 4.79 Å². The van der Waals surface area contributed by atoms with Gasteiger partial charge in [0.2, 0.25) is 0 Å². The summed E-state index contributed by atoms with van der Waals surface area (Å²) in [6.07, 6.45) is 9.50. The zero-order valence-electron chi connectivity index (χ0n) is 11.5. The Bertz CT molecular complexity index is 716. The van der Waals surface area contributed by atoms with Gasteiger partial charge in [0.25, 0.3) is 5.91 Å². The lowest BCUT2D eigenvalue weighted by Crippen LogP contribution is -2.42. The Morgan fingerprint density at radius 1 is 1.35 bits per heavy atom. The molecule has 102 valence electrons. The number of pyridine rings is 1. The molecule has 0 spiro atoms. The van der Waals surface area contributed by atoms with E-state index in [0.29, 0.717) is 11.7 Å². The number of aromatic nitrogens is 2. The highest BCUT2D eigenvalue weighted by atomic mass is 16.2. The van der Waals surface area contributed by atoms with Gasteiger partial charge in [-0.25, -0.2) is 4.98 Å². The summed E-state index contributed by atoms with van der Waals surface area (Å²) in [5.74, 6) is 0.123. The Kier molecular flexibility index (Phi) is 2.46. The van der Waals surface area contributed by atoms with Gasteiger partial charge in [0, 0.05) is 12.2 Å². The van der Waals surface area contributed by atoms with Gasteiger partial charge in [0.15, 0.2) is 0 Å². The zero-order chi connectivity index (χ0) is 13.7. The van der Waals surface area contributed by atoms with E-state index >= 15 is 0 Å². The van der Waals surface area contributed by atoms with Crippen LogP contribution in [-0.2, 0) is 0 Å².